The first-order valence-electron chi connectivity index (χ1n) is 4.16. The summed E-state index contributed by atoms with van der Waals surface area (Å²) in [7, 11) is 1.46. The number of nitrogen functional groups attached to an aromatic ring is 1. The topological polar surface area (TPSA) is 47.3 Å². The monoisotopic (exact) mass is 220 g/mol. The molecule has 0 radical (unpaired) electrons. The van der Waals surface area contributed by atoms with Crippen LogP contribution in [-0.2, 0) is 0 Å². The highest BCUT2D eigenvalue weighted by Crippen LogP contribution is 2.25. The van der Waals surface area contributed by atoms with Crippen LogP contribution < -0.4 is 15.8 Å². The van der Waals surface area contributed by atoms with Crippen LogP contribution in [0.15, 0.2) is 18.2 Å². The van der Waals surface area contributed by atoms with Crippen molar-refractivity contribution in [1.29, 1.82) is 0 Å². The Kier molecular flexibility index (Phi) is 3.28. The average Bonchev–Trinajstić information content (AvgIpc) is 2.14. The first-order chi connectivity index (χ1) is 6.92. The summed E-state index contributed by atoms with van der Waals surface area (Å²) in [6.45, 7) is -1.11. The third-order valence-corrected chi connectivity index (χ3v) is 1.74. The van der Waals surface area contributed by atoms with Gasteiger partial charge in [0.05, 0.1) is 18.5 Å². The zero-order valence-corrected chi connectivity index (χ0v) is 8.06. The van der Waals surface area contributed by atoms with E-state index in [1.165, 1.54) is 25.3 Å². The fourth-order valence-electron chi connectivity index (χ4n) is 1.02. The van der Waals surface area contributed by atoms with Crippen molar-refractivity contribution in [3.8, 4) is 5.75 Å². The van der Waals surface area contributed by atoms with Crippen LogP contribution >= 0.6 is 0 Å². The fourth-order valence-corrected chi connectivity index (χ4v) is 1.02. The van der Waals surface area contributed by atoms with E-state index in [-0.39, 0.29) is 11.4 Å². The number of hydrogen-bond donors (Lipinski definition) is 2. The second-order valence-electron chi connectivity index (χ2n) is 2.92. The lowest BCUT2D eigenvalue weighted by atomic mass is 10.2. The molecule has 3 N–H and O–H groups in total. The molecule has 15 heavy (non-hydrogen) atoms. The van der Waals surface area contributed by atoms with E-state index in [4.69, 9.17) is 10.5 Å². The lowest BCUT2D eigenvalue weighted by Crippen LogP contribution is -2.21. The Bertz CT molecular complexity index is 339. The minimum absolute atomic E-state index is 0.221. The Morgan fingerprint density at radius 2 is 2.07 bits per heavy atom. The van der Waals surface area contributed by atoms with E-state index < -0.39 is 12.7 Å². The Hall–Kier alpha value is -1.59. The van der Waals surface area contributed by atoms with Crippen molar-refractivity contribution in [3.05, 3.63) is 18.2 Å². The molecule has 0 atom stereocenters. The van der Waals surface area contributed by atoms with E-state index in [0.717, 1.165) is 0 Å². The molecular weight excluding hydrogens is 209 g/mol. The van der Waals surface area contributed by atoms with Gasteiger partial charge in [-0.1, -0.05) is 0 Å². The molecule has 6 heteroatoms. The van der Waals surface area contributed by atoms with Crippen LogP contribution in [0.5, 0.6) is 5.75 Å². The number of alkyl halides is 3. The molecule has 0 aliphatic rings. The molecule has 1 aromatic rings. The molecule has 1 rings (SSSR count). The van der Waals surface area contributed by atoms with Crippen molar-refractivity contribution in [2.24, 2.45) is 0 Å². The van der Waals surface area contributed by atoms with E-state index in [9.17, 15) is 13.2 Å². The predicted molar refractivity (Wildman–Crippen MR) is 52.0 cm³/mol. The first kappa shape index (κ1) is 11.5. The van der Waals surface area contributed by atoms with E-state index in [1.54, 1.807) is 0 Å². The summed E-state index contributed by atoms with van der Waals surface area (Å²) in [5, 5.41) is 2.20. The number of anilines is 2. The number of methoxy groups -OCH3 is 1. The number of nitrogens with one attached hydrogen (secondary N) is 1. The second-order valence-corrected chi connectivity index (χ2v) is 2.92. The molecule has 0 heterocycles. The van der Waals surface area contributed by atoms with Gasteiger partial charge in [-0.15, -0.1) is 0 Å². The molecule has 0 saturated carbocycles. The van der Waals surface area contributed by atoms with Crippen LogP contribution in [0.1, 0.15) is 0 Å². The standard InChI is InChI=1S/C9H11F3N2O/c1-15-6-2-3-8(7(13)4-6)14-5-9(10,11)12/h2-4,14H,5,13H2,1H3. The highest BCUT2D eigenvalue weighted by atomic mass is 19.4. The number of nitrogens with two attached hydrogens (primary N) is 1. The molecule has 0 aliphatic carbocycles. The summed E-state index contributed by atoms with van der Waals surface area (Å²) in [6.07, 6.45) is -4.26. The normalized spacial score (nSPS) is 11.2. The lowest BCUT2D eigenvalue weighted by Gasteiger charge is -2.12. The van der Waals surface area contributed by atoms with Crippen molar-refractivity contribution >= 4 is 11.4 Å². The highest BCUT2D eigenvalue weighted by Gasteiger charge is 2.26. The number of ether oxygens (including phenoxy) is 1. The third-order valence-electron chi connectivity index (χ3n) is 1.74. The zero-order valence-electron chi connectivity index (χ0n) is 8.06. The van der Waals surface area contributed by atoms with Crippen molar-refractivity contribution in [1.82, 2.24) is 0 Å². The molecule has 84 valence electrons. The van der Waals surface area contributed by atoms with Gasteiger partial charge in [-0.2, -0.15) is 13.2 Å². The van der Waals surface area contributed by atoms with Crippen molar-refractivity contribution in [2.45, 2.75) is 6.18 Å². The minimum Gasteiger partial charge on any atom is -0.497 e. The minimum atomic E-state index is -4.26. The lowest BCUT2D eigenvalue weighted by molar-refractivity contribution is -0.115. The molecule has 0 unspecified atom stereocenters. The Balaban J connectivity index is 2.70. The molecule has 0 fully saturated rings. The van der Waals surface area contributed by atoms with Crippen LogP contribution in [0.3, 0.4) is 0 Å². The summed E-state index contributed by atoms with van der Waals surface area (Å²) in [5.41, 5.74) is 5.98. The van der Waals surface area contributed by atoms with Gasteiger partial charge in [0.25, 0.3) is 0 Å². The maximum Gasteiger partial charge on any atom is 0.405 e. The van der Waals surface area contributed by atoms with Gasteiger partial charge in [0, 0.05) is 6.07 Å². The summed E-state index contributed by atoms with van der Waals surface area (Å²) in [5.74, 6) is 0.505. The van der Waals surface area contributed by atoms with Crippen molar-refractivity contribution in [3.63, 3.8) is 0 Å². The molecule has 0 amide bonds. The highest BCUT2D eigenvalue weighted by molar-refractivity contribution is 5.68. The van der Waals surface area contributed by atoms with E-state index in [2.05, 4.69) is 5.32 Å². The maximum atomic E-state index is 11.9. The first-order valence-corrected chi connectivity index (χ1v) is 4.16. The number of benzene rings is 1. The van der Waals surface area contributed by atoms with E-state index in [1.807, 2.05) is 0 Å². The molecule has 0 aliphatic heterocycles. The third kappa shape index (κ3) is 3.57. The van der Waals surface area contributed by atoms with Crippen LogP contribution in [0.4, 0.5) is 24.5 Å². The molecule has 0 aromatic heterocycles. The van der Waals surface area contributed by atoms with Crippen LogP contribution in [0.25, 0.3) is 0 Å². The van der Waals surface area contributed by atoms with Gasteiger partial charge in [-0.25, -0.2) is 0 Å². The predicted octanol–water partition coefficient (Wildman–Crippen LogP) is 2.25. The largest absolute Gasteiger partial charge is 0.497 e. The number of halogens is 3. The zero-order chi connectivity index (χ0) is 11.5. The molecule has 3 nitrogen and oxygen atoms in total. The number of rotatable bonds is 3. The molecule has 0 spiro atoms. The SMILES string of the molecule is COc1ccc(NCC(F)(F)F)c(N)c1. The van der Waals surface area contributed by atoms with Gasteiger partial charge >= 0.3 is 6.18 Å². The Morgan fingerprint density at radius 3 is 2.53 bits per heavy atom. The van der Waals surface area contributed by atoms with Crippen LogP contribution in [0.2, 0.25) is 0 Å². The molecule has 0 saturated heterocycles. The fraction of sp³-hybridized carbons (Fsp3) is 0.333. The Morgan fingerprint density at radius 1 is 1.40 bits per heavy atom. The van der Waals surface area contributed by atoms with Gasteiger partial charge in [-0.3, -0.25) is 0 Å². The smallest absolute Gasteiger partial charge is 0.405 e. The van der Waals surface area contributed by atoms with Crippen molar-refractivity contribution in [2.75, 3.05) is 24.7 Å². The van der Waals surface area contributed by atoms with Crippen LogP contribution in [0, 0.1) is 0 Å². The van der Waals surface area contributed by atoms with Gasteiger partial charge in [-0.05, 0) is 12.1 Å². The maximum absolute atomic E-state index is 11.9. The summed E-state index contributed by atoms with van der Waals surface area (Å²) in [6, 6.07) is 4.44. The molecular formula is C9H11F3N2O. The summed E-state index contributed by atoms with van der Waals surface area (Å²) < 4.78 is 40.5. The molecule has 0 bridgehead atoms. The summed E-state index contributed by atoms with van der Waals surface area (Å²) in [4.78, 5) is 0. The second kappa shape index (κ2) is 4.29. The molecule has 1 aromatic carbocycles. The van der Waals surface area contributed by atoms with Crippen molar-refractivity contribution < 1.29 is 17.9 Å². The van der Waals surface area contributed by atoms with Gasteiger partial charge in [0.15, 0.2) is 0 Å². The van der Waals surface area contributed by atoms with Gasteiger partial charge in [0.2, 0.25) is 0 Å². The van der Waals surface area contributed by atoms with Gasteiger partial charge in [0.1, 0.15) is 12.3 Å². The van der Waals surface area contributed by atoms with E-state index >= 15 is 0 Å². The summed E-state index contributed by atoms with van der Waals surface area (Å²) >= 11 is 0. The van der Waals surface area contributed by atoms with Crippen LogP contribution in [-0.4, -0.2) is 19.8 Å². The van der Waals surface area contributed by atoms with E-state index in [0.29, 0.717) is 5.75 Å². The van der Waals surface area contributed by atoms with Gasteiger partial charge < -0.3 is 15.8 Å². The average molecular weight is 220 g/mol. The number of hydrogen-bond acceptors (Lipinski definition) is 3. The quantitative estimate of drug-likeness (QED) is 0.768. The Labute approximate surface area is 85.0 Å².